The van der Waals surface area contributed by atoms with Crippen LogP contribution in [0.2, 0.25) is 0 Å². The number of amidine groups is 1. The van der Waals surface area contributed by atoms with Crippen molar-refractivity contribution in [3.8, 4) is 11.3 Å². The molecule has 168 valence electrons. The predicted molar refractivity (Wildman–Crippen MR) is 135 cm³/mol. The van der Waals surface area contributed by atoms with Gasteiger partial charge in [0.05, 0.1) is 23.3 Å². The molecule has 1 aliphatic heterocycles. The van der Waals surface area contributed by atoms with Crippen molar-refractivity contribution in [2.24, 2.45) is 4.99 Å². The van der Waals surface area contributed by atoms with Crippen LogP contribution in [-0.2, 0) is 9.53 Å². The van der Waals surface area contributed by atoms with Crippen molar-refractivity contribution >= 4 is 56.5 Å². The lowest BCUT2D eigenvalue weighted by atomic mass is 10.0. The van der Waals surface area contributed by atoms with Crippen LogP contribution in [0.5, 0.6) is 0 Å². The molecule has 33 heavy (non-hydrogen) atoms. The Labute approximate surface area is 204 Å². The third-order valence-corrected chi connectivity index (χ3v) is 7.29. The zero-order valence-corrected chi connectivity index (χ0v) is 20.9. The normalized spacial score (nSPS) is 15.8. The summed E-state index contributed by atoms with van der Waals surface area (Å²) < 4.78 is 11.8. The van der Waals surface area contributed by atoms with Crippen molar-refractivity contribution < 1.29 is 18.7 Å². The molecule has 1 N–H and O–H groups in total. The highest BCUT2D eigenvalue weighted by Gasteiger charge is 2.24. The fraction of sp³-hybridized carbons (Fsp3) is 0.160. The number of ether oxygens (including phenoxy) is 1. The first kappa shape index (κ1) is 23.1. The number of esters is 1. The Kier molecular flexibility index (Phi) is 6.58. The molecule has 6 nitrogen and oxygen atoms in total. The Morgan fingerprint density at radius 2 is 1.82 bits per heavy atom. The Morgan fingerprint density at radius 3 is 2.52 bits per heavy atom. The fourth-order valence-electron chi connectivity index (χ4n) is 3.42. The molecule has 0 unspecified atom stereocenters. The van der Waals surface area contributed by atoms with Gasteiger partial charge in [-0.1, -0.05) is 22.0 Å². The van der Waals surface area contributed by atoms with Crippen molar-refractivity contribution in [2.45, 2.75) is 20.8 Å². The summed E-state index contributed by atoms with van der Waals surface area (Å²) in [6.07, 6.45) is 1.68. The molecule has 1 amide bonds. The molecule has 0 aliphatic carbocycles. The molecule has 2 aromatic carbocycles. The zero-order valence-electron chi connectivity index (χ0n) is 18.5. The van der Waals surface area contributed by atoms with E-state index in [-0.39, 0.29) is 5.91 Å². The molecule has 1 saturated heterocycles. The Balaban J connectivity index is 1.58. The number of nitrogens with zero attached hydrogens (tertiary/aromatic N) is 1. The first-order valence-corrected chi connectivity index (χ1v) is 11.7. The van der Waals surface area contributed by atoms with Crippen LogP contribution < -0.4 is 5.32 Å². The number of furan rings is 1. The molecule has 1 fully saturated rings. The third-order valence-electron chi connectivity index (χ3n) is 5.13. The van der Waals surface area contributed by atoms with E-state index in [2.05, 4.69) is 26.2 Å². The van der Waals surface area contributed by atoms with Crippen molar-refractivity contribution in [1.82, 2.24) is 5.32 Å². The van der Waals surface area contributed by atoms with Gasteiger partial charge in [0.2, 0.25) is 0 Å². The number of thioether (sulfide) groups is 1. The molecule has 0 spiro atoms. The number of amides is 1. The molecule has 0 saturated carbocycles. The first-order valence-electron chi connectivity index (χ1n) is 10.1. The number of aliphatic imine (C=N–C) groups is 1. The van der Waals surface area contributed by atoms with Crippen molar-refractivity contribution in [3.05, 3.63) is 79.9 Å². The molecule has 0 radical (unpaired) electrons. The molecule has 3 aromatic rings. The lowest BCUT2D eigenvalue weighted by Gasteiger charge is -2.05. The van der Waals surface area contributed by atoms with Crippen LogP contribution in [0, 0.1) is 20.8 Å². The smallest absolute Gasteiger partial charge is 0.337 e. The van der Waals surface area contributed by atoms with Crippen LogP contribution in [0.25, 0.3) is 17.4 Å². The minimum Gasteiger partial charge on any atom is -0.465 e. The van der Waals surface area contributed by atoms with Crippen LogP contribution in [0.3, 0.4) is 0 Å². The minimum atomic E-state index is -0.410. The van der Waals surface area contributed by atoms with E-state index in [1.807, 2.05) is 45.0 Å². The quantitative estimate of drug-likeness (QED) is 0.319. The standard InChI is InChI=1S/C25H21BrN2O4S/c1-13-5-6-16(24(30)31-4)11-19(13)20-8-7-18(32-20)12-21-23(29)28-25(33-21)27-17-9-14(2)22(26)15(3)10-17/h5-12H,1-4H3,(H,27,28,29)/b21-12-. The van der Waals surface area contributed by atoms with E-state index < -0.39 is 5.97 Å². The van der Waals surface area contributed by atoms with Gasteiger partial charge in [-0.25, -0.2) is 9.79 Å². The maximum atomic E-state index is 12.5. The summed E-state index contributed by atoms with van der Waals surface area (Å²) in [6, 6.07) is 12.8. The van der Waals surface area contributed by atoms with Gasteiger partial charge >= 0.3 is 5.97 Å². The number of carbonyl (C=O) groups is 2. The van der Waals surface area contributed by atoms with Crippen molar-refractivity contribution in [2.75, 3.05) is 7.11 Å². The maximum Gasteiger partial charge on any atom is 0.337 e. The number of methoxy groups -OCH3 is 1. The van der Waals surface area contributed by atoms with E-state index in [4.69, 9.17) is 9.15 Å². The Bertz CT molecular complexity index is 1320. The van der Waals surface area contributed by atoms with Gasteiger partial charge in [0.25, 0.3) is 5.91 Å². The molecule has 0 atom stereocenters. The Morgan fingerprint density at radius 1 is 1.09 bits per heavy atom. The predicted octanol–water partition coefficient (Wildman–Crippen LogP) is 6.31. The highest BCUT2D eigenvalue weighted by Crippen LogP contribution is 2.33. The number of rotatable bonds is 4. The van der Waals surface area contributed by atoms with E-state index in [1.165, 1.54) is 18.9 Å². The van der Waals surface area contributed by atoms with E-state index in [9.17, 15) is 9.59 Å². The molecule has 8 heteroatoms. The largest absolute Gasteiger partial charge is 0.465 e. The van der Waals surface area contributed by atoms with Crippen LogP contribution in [0.15, 0.2) is 61.3 Å². The second-order valence-electron chi connectivity index (χ2n) is 7.60. The Hall–Kier alpha value is -3.10. The summed E-state index contributed by atoms with van der Waals surface area (Å²) >= 11 is 4.81. The van der Waals surface area contributed by atoms with Gasteiger partial charge in [0.1, 0.15) is 11.5 Å². The average molecular weight is 525 g/mol. The maximum absolute atomic E-state index is 12.5. The fourth-order valence-corrected chi connectivity index (χ4v) is 4.47. The van der Waals surface area contributed by atoms with E-state index in [1.54, 1.807) is 24.3 Å². The van der Waals surface area contributed by atoms with Crippen molar-refractivity contribution in [1.29, 1.82) is 0 Å². The van der Waals surface area contributed by atoms with E-state index in [0.717, 1.165) is 32.4 Å². The number of halogens is 1. The number of nitrogens with one attached hydrogen (secondary N) is 1. The SMILES string of the molecule is COC(=O)c1ccc(C)c(-c2ccc(/C=C3\SC(=Nc4cc(C)c(Br)c(C)c4)NC3=O)o2)c1. The van der Waals surface area contributed by atoms with Gasteiger partial charge in [-0.3, -0.25) is 4.79 Å². The molecule has 2 heterocycles. The molecule has 4 rings (SSSR count). The third kappa shape index (κ3) is 4.96. The van der Waals surface area contributed by atoms with Gasteiger partial charge in [-0.15, -0.1) is 0 Å². The molecule has 1 aliphatic rings. The van der Waals surface area contributed by atoms with Gasteiger partial charge in [-0.2, -0.15) is 0 Å². The summed E-state index contributed by atoms with van der Waals surface area (Å²) in [5.41, 5.74) is 5.12. The summed E-state index contributed by atoms with van der Waals surface area (Å²) in [7, 11) is 1.35. The van der Waals surface area contributed by atoms with Crippen molar-refractivity contribution in [3.63, 3.8) is 0 Å². The molecular weight excluding hydrogens is 504 g/mol. The number of carbonyl (C=O) groups excluding carboxylic acids is 2. The lowest BCUT2D eigenvalue weighted by Crippen LogP contribution is -2.19. The number of hydrogen-bond donors (Lipinski definition) is 1. The summed E-state index contributed by atoms with van der Waals surface area (Å²) in [4.78, 5) is 29.4. The van der Waals surface area contributed by atoms with Crippen LogP contribution in [-0.4, -0.2) is 24.2 Å². The summed E-state index contributed by atoms with van der Waals surface area (Å²) in [6.45, 7) is 5.94. The van der Waals surface area contributed by atoms with E-state index in [0.29, 0.717) is 27.2 Å². The van der Waals surface area contributed by atoms with Gasteiger partial charge in [-0.05, 0) is 85.6 Å². The van der Waals surface area contributed by atoms with Crippen LogP contribution in [0.1, 0.15) is 32.8 Å². The highest BCUT2D eigenvalue weighted by molar-refractivity contribution is 9.10. The topological polar surface area (TPSA) is 80.9 Å². The molecule has 0 bridgehead atoms. The molecule has 1 aromatic heterocycles. The highest BCUT2D eigenvalue weighted by atomic mass is 79.9. The lowest BCUT2D eigenvalue weighted by molar-refractivity contribution is -0.115. The second kappa shape index (κ2) is 9.41. The van der Waals surface area contributed by atoms with E-state index >= 15 is 0 Å². The summed E-state index contributed by atoms with van der Waals surface area (Å²) in [5, 5.41) is 3.32. The first-order chi connectivity index (χ1) is 15.7. The minimum absolute atomic E-state index is 0.230. The average Bonchev–Trinajstić information content (AvgIpc) is 3.38. The monoisotopic (exact) mass is 524 g/mol. The number of aryl methyl sites for hydroxylation is 3. The second-order valence-corrected chi connectivity index (χ2v) is 9.42. The summed E-state index contributed by atoms with van der Waals surface area (Å²) in [5.74, 6) is 0.489. The van der Waals surface area contributed by atoms with Crippen LogP contribution in [0.4, 0.5) is 5.69 Å². The van der Waals surface area contributed by atoms with Gasteiger partial charge in [0, 0.05) is 16.1 Å². The zero-order chi connectivity index (χ0) is 23.7. The molecular formula is C25H21BrN2O4S. The van der Waals surface area contributed by atoms with Gasteiger partial charge in [0.15, 0.2) is 5.17 Å². The van der Waals surface area contributed by atoms with Crippen LogP contribution >= 0.6 is 27.7 Å². The van der Waals surface area contributed by atoms with Gasteiger partial charge < -0.3 is 14.5 Å². The number of hydrogen-bond acceptors (Lipinski definition) is 6. The number of benzene rings is 2.